The number of alkyl carbamates (subject to hydrolysis) is 1. The number of benzene rings is 2. The largest absolute Gasteiger partial charge is 0.480 e. The predicted octanol–water partition coefficient (Wildman–Crippen LogP) is 3.23. The van der Waals surface area contributed by atoms with Crippen LogP contribution in [-0.2, 0) is 22.6 Å². The van der Waals surface area contributed by atoms with E-state index in [0.717, 1.165) is 5.56 Å². The Morgan fingerprint density at radius 3 is 2.65 bits per heavy atom. The van der Waals surface area contributed by atoms with Gasteiger partial charge in [0.05, 0.1) is 0 Å². The van der Waals surface area contributed by atoms with Crippen molar-refractivity contribution in [3.8, 4) is 0 Å². The van der Waals surface area contributed by atoms with Gasteiger partial charge in [0, 0.05) is 23.5 Å². The molecule has 134 valence electrons. The summed E-state index contributed by atoms with van der Waals surface area (Å²) in [4.78, 5) is 26.3. The van der Waals surface area contributed by atoms with Crippen LogP contribution in [-0.4, -0.2) is 28.2 Å². The summed E-state index contributed by atoms with van der Waals surface area (Å²) in [5, 5.41) is 12.0. The van der Waals surface area contributed by atoms with Gasteiger partial charge in [-0.15, -0.1) is 0 Å². The second-order valence-electron chi connectivity index (χ2n) is 5.78. The van der Waals surface area contributed by atoms with E-state index in [1.165, 1.54) is 6.07 Å². The summed E-state index contributed by atoms with van der Waals surface area (Å²) in [7, 11) is 0. The highest BCUT2D eigenvalue weighted by Gasteiger charge is 2.23. The molecule has 0 unspecified atom stereocenters. The van der Waals surface area contributed by atoms with Crippen LogP contribution in [0.1, 0.15) is 11.1 Å². The number of aromatic amines is 1. The van der Waals surface area contributed by atoms with Gasteiger partial charge in [-0.2, -0.15) is 0 Å². The average molecular weight is 356 g/mol. The number of hydrogen-bond acceptors (Lipinski definition) is 3. The Labute approximate surface area is 148 Å². The van der Waals surface area contributed by atoms with Crippen molar-refractivity contribution in [2.75, 3.05) is 0 Å². The topological polar surface area (TPSA) is 91.4 Å². The number of carboxylic acids is 1. The van der Waals surface area contributed by atoms with E-state index < -0.39 is 23.9 Å². The lowest BCUT2D eigenvalue weighted by Crippen LogP contribution is -2.42. The summed E-state index contributed by atoms with van der Waals surface area (Å²) in [6, 6.07) is 12.3. The fraction of sp³-hybridized carbons (Fsp3) is 0.158. The number of halogens is 1. The summed E-state index contributed by atoms with van der Waals surface area (Å²) >= 11 is 0. The molecule has 0 fully saturated rings. The summed E-state index contributed by atoms with van der Waals surface area (Å²) in [5.41, 5.74) is 1.82. The zero-order chi connectivity index (χ0) is 18.5. The molecule has 0 aliphatic carbocycles. The Morgan fingerprint density at radius 1 is 1.15 bits per heavy atom. The third kappa shape index (κ3) is 4.00. The van der Waals surface area contributed by atoms with E-state index >= 15 is 0 Å². The number of aliphatic carboxylic acids is 1. The maximum atomic E-state index is 14.0. The third-order valence-corrected chi connectivity index (χ3v) is 3.96. The molecular formula is C19H17FN2O4. The van der Waals surface area contributed by atoms with Crippen LogP contribution in [0.2, 0.25) is 0 Å². The molecule has 1 heterocycles. The van der Waals surface area contributed by atoms with Crippen molar-refractivity contribution < 1.29 is 23.8 Å². The van der Waals surface area contributed by atoms with Crippen LogP contribution in [0.4, 0.5) is 9.18 Å². The first-order valence-electron chi connectivity index (χ1n) is 7.99. The molecule has 0 saturated carbocycles. The normalized spacial score (nSPS) is 11.9. The number of hydrogen-bond donors (Lipinski definition) is 3. The fourth-order valence-electron chi connectivity index (χ4n) is 2.70. The Bertz CT molecular complexity index is 924. The van der Waals surface area contributed by atoms with Gasteiger partial charge in [-0.1, -0.05) is 36.4 Å². The van der Waals surface area contributed by atoms with Gasteiger partial charge < -0.3 is 20.1 Å². The first-order valence-corrected chi connectivity index (χ1v) is 7.99. The predicted molar refractivity (Wildman–Crippen MR) is 93.1 cm³/mol. The standard InChI is InChI=1S/C19H17FN2O4/c20-14-7-4-8-15-17(14)13(10-21-15)9-16(18(23)24)22-19(25)26-11-12-5-2-1-3-6-12/h1-8,10,16,21H,9,11H2,(H,22,25)(H,23,24)/t16-/m0/s1. The minimum Gasteiger partial charge on any atom is -0.480 e. The number of carbonyl (C=O) groups is 2. The zero-order valence-electron chi connectivity index (χ0n) is 13.7. The third-order valence-electron chi connectivity index (χ3n) is 3.96. The van der Waals surface area contributed by atoms with Crippen molar-refractivity contribution in [2.45, 2.75) is 19.1 Å². The van der Waals surface area contributed by atoms with E-state index in [1.807, 2.05) is 18.2 Å². The monoisotopic (exact) mass is 356 g/mol. The number of ether oxygens (including phenoxy) is 1. The van der Waals surface area contributed by atoms with Gasteiger partial charge in [-0.3, -0.25) is 0 Å². The van der Waals surface area contributed by atoms with E-state index in [9.17, 15) is 19.1 Å². The number of carboxylic acid groups (broad SMARTS) is 1. The molecule has 0 aliphatic heterocycles. The lowest BCUT2D eigenvalue weighted by molar-refractivity contribution is -0.139. The van der Waals surface area contributed by atoms with Gasteiger partial charge in [-0.25, -0.2) is 14.0 Å². The van der Waals surface area contributed by atoms with Gasteiger partial charge in [0.1, 0.15) is 18.5 Å². The Morgan fingerprint density at radius 2 is 1.92 bits per heavy atom. The van der Waals surface area contributed by atoms with E-state index in [0.29, 0.717) is 16.5 Å². The van der Waals surface area contributed by atoms with E-state index in [4.69, 9.17) is 4.74 Å². The van der Waals surface area contributed by atoms with Crippen LogP contribution in [0.3, 0.4) is 0 Å². The second-order valence-corrected chi connectivity index (χ2v) is 5.78. The smallest absolute Gasteiger partial charge is 0.408 e. The van der Waals surface area contributed by atoms with Crippen LogP contribution in [0.15, 0.2) is 54.7 Å². The van der Waals surface area contributed by atoms with Crippen LogP contribution in [0, 0.1) is 5.82 Å². The first kappa shape index (κ1) is 17.5. The number of amides is 1. The minimum absolute atomic E-state index is 0.0285. The number of rotatable bonds is 6. The van der Waals surface area contributed by atoms with Gasteiger partial charge in [0.2, 0.25) is 0 Å². The molecule has 7 heteroatoms. The molecule has 3 N–H and O–H groups in total. The van der Waals surface area contributed by atoms with Crippen LogP contribution in [0.5, 0.6) is 0 Å². The summed E-state index contributed by atoms with van der Waals surface area (Å²) in [5.74, 6) is -1.68. The Kier molecular flexibility index (Phi) is 5.17. The fourth-order valence-corrected chi connectivity index (χ4v) is 2.70. The average Bonchev–Trinajstić information content (AvgIpc) is 3.04. The SMILES string of the molecule is O=C(N[C@@H](Cc1c[nH]c2cccc(F)c12)C(=O)O)OCc1ccccc1. The number of nitrogens with one attached hydrogen (secondary N) is 2. The van der Waals surface area contributed by atoms with Gasteiger partial charge in [-0.05, 0) is 23.3 Å². The van der Waals surface area contributed by atoms with Crippen molar-refractivity contribution in [1.82, 2.24) is 10.3 Å². The maximum absolute atomic E-state index is 14.0. The van der Waals surface area contributed by atoms with Crippen LogP contribution in [0.25, 0.3) is 10.9 Å². The molecule has 1 amide bonds. The van der Waals surface area contributed by atoms with Crippen molar-refractivity contribution in [1.29, 1.82) is 0 Å². The molecule has 3 rings (SSSR count). The highest BCUT2D eigenvalue weighted by molar-refractivity contribution is 5.86. The van der Waals surface area contributed by atoms with E-state index in [1.54, 1.807) is 30.5 Å². The number of fused-ring (bicyclic) bond motifs is 1. The minimum atomic E-state index is -1.24. The summed E-state index contributed by atoms with van der Waals surface area (Å²) in [6.07, 6.45) is 0.624. The summed E-state index contributed by atoms with van der Waals surface area (Å²) in [6.45, 7) is 0.0285. The molecule has 1 aromatic heterocycles. The van der Waals surface area contributed by atoms with Crippen LogP contribution < -0.4 is 5.32 Å². The highest BCUT2D eigenvalue weighted by atomic mass is 19.1. The number of H-pyrrole nitrogens is 1. The molecule has 26 heavy (non-hydrogen) atoms. The molecule has 0 spiro atoms. The van der Waals surface area contributed by atoms with Crippen LogP contribution >= 0.6 is 0 Å². The highest BCUT2D eigenvalue weighted by Crippen LogP contribution is 2.22. The molecule has 3 aromatic rings. The second kappa shape index (κ2) is 7.69. The first-order chi connectivity index (χ1) is 12.5. The molecule has 0 saturated heterocycles. The molecule has 6 nitrogen and oxygen atoms in total. The molecule has 0 bridgehead atoms. The number of carbonyl (C=O) groups excluding carboxylic acids is 1. The maximum Gasteiger partial charge on any atom is 0.408 e. The van der Waals surface area contributed by atoms with Crippen molar-refractivity contribution in [2.24, 2.45) is 0 Å². The van der Waals surface area contributed by atoms with E-state index in [-0.39, 0.29) is 13.0 Å². The quantitative estimate of drug-likeness (QED) is 0.632. The van der Waals surface area contributed by atoms with Crippen molar-refractivity contribution in [3.63, 3.8) is 0 Å². The Balaban J connectivity index is 1.67. The molecular weight excluding hydrogens is 339 g/mol. The van der Waals surface area contributed by atoms with Gasteiger partial charge in [0.15, 0.2) is 0 Å². The molecule has 0 aliphatic rings. The molecule has 1 atom stereocenters. The van der Waals surface area contributed by atoms with E-state index in [2.05, 4.69) is 10.3 Å². The summed E-state index contributed by atoms with van der Waals surface area (Å²) < 4.78 is 19.1. The number of aromatic nitrogens is 1. The van der Waals surface area contributed by atoms with Gasteiger partial charge >= 0.3 is 12.1 Å². The lowest BCUT2D eigenvalue weighted by atomic mass is 10.0. The zero-order valence-corrected chi connectivity index (χ0v) is 13.7. The van der Waals surface area contributed by atoms with Gasteiger partial charge in [0.25, 0.3) is 0 Å². The molecule has 0 radical (unpaired) electrons. The lowest BCUT2D eigenvalue weighted by Gasteiger charge is -2.14. The Hall–Kier alpha value is -3.35. The van der Waals surface area contributed by atoms with Crippen molar-refractivity contribution >= 4 is 23.0 Å². The van der Waals surface area contributed by atoms with Crippen molar-refractivity contribution in [3.05, 3.63) is 71.7 Å². The molecule has 2 aromatic carbocycles.